The number of carbonyl (C=O) groups is 1. The lowest BCUT2D eigenvalue weighted by Gasteiger charge is -2.37. The number of H-pyrrole nitrogens is 1. The lowest BCUT2D eigenvalue weighted by Crippen LogP contribution is -2.50. The Morgan fingerprint density at radius 3 is 2.38 bits per heavy atom. The number of rotatable bonds is 4. The van der Waals surface area contributed by atoms with Crippen molar-refractivity contribution in [2.24, 2.45) is 5.92 Å². The van der Waals surface area contributed by atoms with Gasteiger partial charge in [0.1, 0.15) is 17.8 Å². The van der Waals surface area contributed by atoms with E-state index >= 15 is 0 Å². The summed E-state index contributed by atoms with van der Waals surface area (Å²) in [4.78, 5) is 28.9. The first-order valence-electron chi connectivity index (χ1n) is 11.6. The number of aromatic amines is 1. The largest absolute Gasteiger partial charge is 0.352 e. The third kappa shape index (κ3) is 4.03. The molecule has 1 aliphatic carbocycles. The van der Waals surface area contributed by atoms with Gasteiger partial charge in [-0.05, 0) is 55.4 Å². The van der Waals surface area contributed by atoms with Gasteiger partial charge in [-0.15, -0.1) is 0 Å². The van der Waals surface area contributed by atoms with E-state index in [1.807, 2.05) is 36.4 Å². The molecule has 1 saturated heterocycles. The summed E-state index contributed by atoms with van der Waals surface area (Å²) in [6, 6.07) is 15.9. The molecule has 4 aromatic rings. The zero-order valence-corrected chi connectivity index (χ0v) is 19.4. The number of benzene rings is 2. The number of thiocarbonyl (C=S) groups is 1. The van der Waals surface area contributed by atoms with Gasteiger partial charge in [-0.1, -0.05) is 18.2 Å². The Morgan fingerprint density at radius 2 is 1.65 bits per heavy atom. The molecule has 1 aliphatic heterocycles. The number of nitrogens with one attached hydrogen (secondary N) is 3. The maximum atomic E-state index is 11.9. The summed E-state index contributed by atoms with van der Waals surface area (Å²) in [5.41, 5.74) is 3.66. The van der Waals surface area contributed by atoms with Gasteiger partial charge in [0.2, 0.25) is 5.91 Å². The number of carbonyl (C=O) groups excluding carboxylic acids is 1. The van der Waals surface area contributed by atoms with Crippen LogP contribution in [0.2, 0.25) is 0 Å². The molecule has 0 unspecified atom stereocenters. The highest BCUT2D eigenvalue weighted by atomic mass is 32.1. The Kier molecular flexibility index (Phi) is 5.26. The number of hydrogen-bond donors (Lipinski definition) is 3. The van der Waals surface area contributed by atoms with Gasteiger partial charge in [0, 0.05) is 54.4 Å². The second-order valence-electron chi connectivity index (χ2n) is 8.84. The number of fused-ring (bicyclic) bond motifs is 3. The van der Waals surface area contributed by atoms with Crippen LogP contribution in [0.1, 0.15) is 12.8 Å². The van der Waals surface area contributed by atoms with Crippen molar-refractivity contribution in [2.75, 3.05) is 41.7 Å². The lowest BCUT2D eigenvalue weighted by atomic mass is 10.2. The van der Waals surface area contributed by atoms with E-state index in [1.54, 1.807) is 6.33 Å². The van der Waals surface area contributed by atoms with E-state index in [0.717, 1.165) is 78.1 Å². The van der Waals surface area contributed by atoms with E-state index in [1.165, 1.54) is 0 Å². The maximum Gasteiger partial charge on any atom is 0.227 e. The number of nitrogens with zero attached hydrogens (tertiary/aromatic N) is 4. The van der Waals surface area contributed by atoms with Gasteiger partial charge < -0.3 is 25.4 Å². The van der Waals surface area contributed by atoms with Crippen molar-refractivity contribution in [3.05, 3.63) is 54.9 Å². The molecule has 3 N–H and O–H groups in total. The average Bonchev–Trinajstić information content (AvgIpc) is 3.65. The van der Waals surface area contributed by atoms with Gasteiger partial charge in [-0.3, -0.25) is 4.79 Å². The summed E-state index contributed by atoms with van der Waals surface area (Å²) in [7, 11) is 0. The number of para-hydroxylation sites is 1. The molecule has 2 fully saturated rings. The second-order valence-corrected chi connectivity index (χ2v) is 9.22. The zero-order valence-electron chi connectivity index (χ0n) is 18.6. The van der Waals surface area contributed by atoms with Gasteiger partial charge in [0.15, 0.2) is 5.11 Å². The number of piperazine rings is 1. The molecule has 2 aromatic carbocycles. The van der Waals surface area contributed by atoms with Crippen LogP contribution in [0.3, 0.4) is 0 Å². The molecule has 0 atom stereocenters. The highest BCUT2D eigenvalue weighted by molar-refractivity contribution is 7.80. The Hall–Kier alpha value is -3.72. The SMILES string of the molecule is O=C(Nc1ccc(NC(=S)N2CCN(c3ncnc4[nH]c5ccccc5c34)CC2)cc1)C1CC1. The highest BCUT2D eigenvalue weighted by Crippen LogP contribution is 2.32. The zero-order chi connectivity index (χ0) is 23.1. The first kappa shape index (κ1) is 20.9. The Labute approximate surface area is 202 Å². The van der Waals surface area contributed by atoms with E-state index in [-0.39, 0.29) is 11.8 Å². The van der Waals surface area contributed by atoms with Crippen molar-refractivity contribution in [1.82, 2.24) is 19.9 Å². The summed E-state index contributed by atoms with van der Waals surface area (Å²) >= 11 is 5.68. The van der Waals surface area contributed by atoms with Crippen molar-refractivity contribution < 1.29 is 4.79 Å². The molecule has 6 rings (SSSR count). The smallest absolute Gasteiger partial charge is 0.227 e. The van der Waals surface area contributed by atoms with E-state index in [4.69, 9.17) is 12.2 Å². The van der Waals surface area contributed by atoms with Crippen LogP contribution in [-0.2, 0) is 4.79 Å². The first-order chi connectivity index (χ1) is 16.7. The molecule has 0 bridgehead atoms. The van der Waals surface area contributed by atoms with E-state index < -0.39 is 0 Å². The fraction of sp³-hybridized carbons (Fsp3) is 0.280. The maximum absolute atomic E-state index is 11.9. The average molecular weight is 472 g/mol. The molecule has 2 aromatic heterocycles. The summed E-state index contributed by atoms with van der Waals surface area (Å²) in [6.45, 7) is 3.24. The normalized spacial score (nSPS) is 16.1. The predicted molar refractivity (Wildman–Crippen MR) is 139 cm³/mol. The third-order valence-electron chi connectivity index (χ3n) is 6.50. The van der Waals surface area contributed by atoms with Crippen LogP contribution in [-0.4, -0.2) is 57.1 Å². The van der Waals surface area contributed by atoms with Gasteiger partial charge in [0.25, 0.3) is 0 Å². The predicted octanol–water partition coefficient (Wildman–Crippen LogP) is 3.98. The number of aromatic nitrogens is 3. The molecule has 172 valence electrons. The highest BCUT2D eigenvalue weighted by Gasteiger charge is 2.29. The summed E-state index contributed by atoms with van der Waals surface area (Å²) in [5.74, 6) is 1.27. The minimum Gasteiger partial charge on any atom is -0.352 e. The second kappa shape index (κ2) is 8.57. The number of anilines is 3. The molecule has 3 heterocycles. The number of amides is 1. The Balaban J connectivity index is 1.10. The van der Waals surface area contributed by atoms with Crippen LogP contribution in [0, 0.1) is 5.92 Å². The van der Waals surface area contributed by atoms with E-state index in [9.17, 15) is 4.79 Å². The molecule has 1 saturated carbocycles. The summed E-state index contributed by atoms with van der Waals surface area (Å²) in [6.07, 6.45) is 3.62. The number of hydrogen-bond acceptors (Lipinski definition) is 5. The van der Waals surface area contributed by atoms with Crippen LogP contribution in [0.25, 0.3) is 21.9 Å². The van der Waals surface area contributed by atoms with Crippen molar-refractivity contribution >= 4 is 62.4 Å². The van der Waals surface area contributed by atoms with E-state index in [2.05, 4.69) is 47.5 Å². The minimum atomic E-state index is 0.114. The fourth-order valence-electron chi connectivity index (χ4n) is 4.45. The van der Waals surface area contributed by atoms with Crippen LogP contribution in [0.15, 0.2) is 54.9 Å². The topological polar surface area (TPSA) is 89.2 Å². The fourth-order valence-corrected chi connectivity index (χ4v) is 4.75. The molecular weight excluding hydrogens is 446 g/mol. The first-order valence-corrected chi connectivity index (χ1v) is 12.0. The molecule has 2 aliphatic rings. The van der Waals surface area contributed by atoms with Gasteiger partial charge in [-0.25, -0.2) is 9.97 Å². The Morgan fingerprint density at radius 1 is 0.941 bits per heavy atom. The standard InChI is InChI=1S/C25H25N7OS/c33-24(16-5-6-16)28-17-7-9-18(10-8-17)29-25(34)32-13-11-31(12-14-32)23-21-19-3-1-2-4-20(19)30-22(21)26-15-27-23/h1-4,7-10,15-16H,5-6,11-14H2,(H,28,33)(H,29,34)(H,26,27,30). The van der Waals surface area contributed by atoms with Crippen LogP contribution in [0.5, 0.6) is 0 Å². The van der Waals surface area contributed by atoms with Gasteiger partial charge >= 0.3 is 0 Å². The molecule has 0 radical (unpaired) electrons. The van der Waals surface area contributed by atoms with Gasteiger partial charge in [0.05, 0.1) is 5.39 Å². The van der Waals surface area contributed by atoms with Crippen molar-refractivity contribution in [3.8, 4) is 0 Å². The van der Waals surface area contributed by atoms with Crippen molar-refractivity contribution in [2.45, 2.75) is 12.8 Å². The third-order valence-corrected chi connectivity index (χ3v) is 6.86. The molecule has 1 amide bonds. The van der Waals surface area contributed by atoms with E-state index in [0.29, 0.717) is 5.11 Å². The van der Waals surface area contributed by atoms with Crippen molar-refractivity contribution in [3.63, 3.8) is 0 Å². The quantitative estimate of drug-likeness (QED) is 0.388. The van der Waals surface area contributed by atoms with Crippen molar-refractivity contribution in [1.29, 1.82) is 0 Å². The van der Waals surface area contributed by atoms with Crippen LogP contribution >= 0.6 is 12.2 Å². The molecular formula is C25H25N7OS. The lowest BCUT2D eigenvalue weighted by molar-refractivity contribution is -0.117. The molecule has 8 nitrogen and oxygen atoms in total. The van der Waals surface area contributed by atoms with Gasteiger partial charge in [-0.2, -0.15) is 0 Å². The molecule has 9 heteroatoms. The summed E-state index contributed by atoms with van der Waals surface area (Å²) < 4.78 is 0. The molecule has 0 spiro atoms. The summed E-state index contributed by atoms with van der Waals surface area (Å²) in [5, 5.41) is 9.21. The van der Waals surface area contributed by atoms with Crippen LogP contribution in [0.4, 0.5) is 17.2 Å². The molecule has 34 heavy (non-hydrogen) atoms. The Bertz CT molecular complexity index is 1370. The monoisotopic (exact) mass is 471 g/mol. The minimum absolute atomic E-state index is 0.114. The van der Waals surface area contributed by atoms with Crippen LogP contribution < -0.4 is 15.5 Å².